The van der Waals surface area contributed by atoms with Gasteiger partial charge in [0, 0.05) is 19.0 Å². The molecule has 40 heavy (non-hydrogen) atoms. The first-order valence-electron chi connectivity index (χ1n) is 13.8. The number of carbonyl (C=O) groups excluding carboxylic acids is 2. The Balaban J connectivity index is 1.27. The average molecular weight is 546 g/mol. The number of ether oxygens (including phenoxy) is 3. The van der Waals surface area contributed by atoms with E-state index < -0.39 is 0 Å². The molecule has 0 unspecified atom stereocenters. The lowest BCUT2D eigenvalue weighted by molar-refractivity contribution is -0.121. The Morgan fingerprint density at radius 1 is 0.900 bits per heavy atom. The quantitative estimate of drug-likeness (QED) is 0.336. The van der Waals surface area contributed by atoms with Crippen molar-refractivity contribution in [3.05, 3.63) is 83.4 Å². The predicted octanol–water partition coefficient (Wildman–Crippen LogP) is 4.93. The van der Waals surface area contributed by atoms with Gasteiger partial charge in [0.2, 0.25) is 5.91 Å². The molecule has 0 atom stereocenters. The van der Waals surface area contributed by atoms with Crippen LogP contribution in [0.15, 0.2) is 66.7 Å². The molecule has 2 N–H and O–H groups in total. The maximum Gasteiger partial charge on any atom is 0.253 e. The van der Waals surface area contributed by atoms with Crippen LogP contribution in [0, 0.1) is 5.92 Å². The highest BCUT2D eigenvalue weighted by Crippen LogP contribution is 2.28. The molecule has 8 nitrogen and oxygen atoms in total. The Bertz CT molecular complexity index is 1290. The summed E-state index contributed by atoms with van der Waals surface area (Å²) < 4.78 is 16.3. The van der Waals surface area contributed by atoms with Gasteiger partial charge >= 0.3 is 0 Å². The highest BCUT2D eigenvalue weighted by atomic mass is 16.5. The molecule has 1 saturated heterocycles. The van der Waals surface area contributed by atoms with Gasteiger partial charge in [-0.15, -0.1) is 0 Å². The van der Waals surface area contributed by atoms with E-state index >= 15 is 0 Å². The van der Waals surface area contributed by atoms with Gasteiger partial charge in [-0.05, 0) is 86.8 Å². The summed E-state index contributed by atoms with van der Waals surface area (Å²) in [6.07, 6.45) is 2.18. The molecule has 0 radical (unpaired) electrons. The van der Waals surface area contributed by atoms with Gasteiger partial charge in [0.15, 0.2) is 11.5 Å². The zero-order valence-electron chi connectivity index (χ0n) is 23.6. The third-order valence-electron chi connectivity index (χ3n) is 7.15. The smallest absolute Gasteiger partial charge is 0.253 e. The minimum absolute atomic E-state index is 0.0384. The third kappa shape index (κ3) is 7.76. The number of para-hydroxylation sites is 1. The van der Waals surface area contributed by atoms with Crippen molar-refractivity contribution in [3.63, 3.8) is 0 Å². The normalized spacial score (nSPS) is 13.9. The summed E-state index contributed by atoms with van der Waals surface area (Å²) in [6, 6.07) is 21.0. The van der Waals surface area contributed by atoms with Crippen LogP contribution >= 0.6 is 0 Å². The Hall–Kier alpha value is -4.04. The largest absolute Gasteiger partial charge is 0.494 e. The fourth-order valence-corrected chi connectivity index (χ4v) is 4.99. The lowest BCUT2D eigenvalue weighted by Gasteiger charge is -2.31. The highest BCUT2D eigenvalue weighted by Gasteiger charge is 2.26. The molecule has 3 aromatic carbocycles. The molecule has 1 aliphatic heterocycles. The van der Waals surface area contributed by atoms with E-state index in [0.29, 0.717) is 42.3 Å². The molecule has 0 spiro atoms. The number of benzene rings is 3. The zero-order chi connectivity index (χ0) is 28.3. The number of hydrogen-bond donors (Lipinski definition) is 2. The Morgan fingerprint density at radius 3 is 2.42 bits per heavy atom. The van der Waals surface area contributed by atoms with Crippen molar-refractivity contribution in [1.82, 2.24) is 10.2 Å². The number of likely N-dealkylation sites (tertiary alicyclic amines) is 1. The van der Waals surface area contributed by atoms with Crippen molar-refractivity contribution in [1.29, 1.82) is 0 Å². The summed E-state index contributed by atoms with van der Waals surface area (Å²) in [5.41, 5.74) is 3.22. The lowest BCUT2D eigenvalue weighted by Crippen LogP contribution is -2.38. The van der Waals surface area contributed by atoms with Crippen LogP contribution in [0.5, 0.6) is 17.2 Å². The van der Waals surface area contributed by atoms with Crippen LogP contribution in [0.2, 0.25) is 0 Å². The maximum atomic E-state index is 13.1. The topological polar surface area (TPSA) is 89.1 Å². The van der Waals surface area contributed by atoms with Gasteiger partial charge in [0.05, 0.1) is 32.1 Å². The molecule has 3 aromatic rings. The third-order valence-corrected chi connectivity index (χ3v) is 7.15. The molecule has 2 amide bonds. The highest BCUT2D eigenvalue weighted by molar-refractivity contribution is 6.04. The van der Waals surface area contributed by atoms with Crippen molar-refractivity contribution < 1.29 is 23.8 Å². The van der Waals surface area contributed by atoms with Gasteiger partial charge in [-0.1, -0.05) is 30.3 Å². The second kappa shape index (κ2) is 14.4. The molecule has 0 aliphatic carbocycles. The molecule has 0 aromatic heterocycles. The van der Waals surface area contributed by atoms with Crippen LogP contribution in [-0.2, 0) is 17.8 Å². The van der Waals surface area contributed by atoms with Gasteiger partial charge in [-0.3, -0.25) is 14.5 Å². The van der Waals surface area contributed by atoms with Crippen molar-refractivity contribution >= 4 is 17.5 Å². The van der Waals surface area contributed by atoms with E-state index in [-0.39, 0.29) is 17.7 Å². The fraction of sp³-hybridized carbons (Fsp3) is 0.375. The first kappa shape index (κ1) is 29.0. The maximum absolute atomic E-state index is 13.1. The van der Waals surface area contributed by atoms with E-state index in [0.717, 1.165) is 43.8 Å². The number of nitrogens with zero attached hydrogens (tertiary/aromatic N) is 1. The van der Waals surface area contributed by atoms with Crippen LogP contribution in [-0.4, -0.2) is 57.2 Å². The van der Waals surface area contributed by atoms with Crippen LogP contribution in [0.4, 0.5) is 5.69 Å². The Morgan fingerprint density at radius 2 is 1.68 bits per heavy atom. The van der Waals surface area contributed by atoms with Crippen molar-refractivity contribution in [2.45, 2.75) is 32.7 Å². The fourth-order valence-electron chi connectivity index (χ4n) is 4.99. The summed E-state index contributed by atoms with van der Waals surface area (Å²) in [5, 5.41) is 5.99. The number of carbonyl (C=O) groups is 2. The first-order valence-corrected chi connectivity index (χ1v) is 13.8. The molecule has 0 bridgehead atoms. The molecule has 212 valence electrons. The average Bonchev–Trinajstić information content (AvgIpc) is 2.98. The van der Waals surface area contributed by atoms with Crippen molar-refractivity contribution in [3.8, 4) is 17.2 Å². The second-order valence-corrected chi connectivity index (χ2v) is 9.86. The molecule has 0 saturated carbocycles. The summed E-state index contributed by atoms with van der Waals surface area (Å²) in [6.45, 7) is 5.60. The van der Waals surface area contributed by atoms with Gasteiger partial charge in [-0.25, -0.2) is 0 Å². The molecular formula is C32H39N3O5. The minimum atomic E-state index is -0.222. The van der Waals surface area contributed by atoms with Crippen LogP contribution in [0.1, 0.15) is 41.3 Å². The van der Waals surface area contributed by atoms with Gasteiger partial charge in [0.25, 0.3) is 5.91 Å². The monoisotopic (exact) mass is 545 g/mol. The number of hydrogen-bond acceptors (Lipinski definition) is 6. The number of anilines is 1. The van der Waals surface area contributed by atoms with Gasteiger partial charge < -0.3 is 24.8 Å². The summed E-state index contributed by atoms with van der Waals surface area (Å²) in [7, 11) is 3.20. The van der Waals surface area contributed by atoms with E-state index in [1.807, 2.05) is 43.3 Å². The molecule has 1 fully saturated rings. The summed E-state index contributed by atoms with van der Waals surface area (Å²) >= 11 is 0. The number of methoxy groups -OCH3 is 2. The Kier molecular flexibility index (Phi) is 10.4. The van der Waals surface area contributed by atoms with E-state index in [2.05, 4.69) is 27.7 Å². The first-order chi connectivity index (χ1) is 19.5. The van der Waals surface area contributed by atoms with Crippen molar-refractivity contribution in [2.24, 2.45) is 5.92 Å². The summed E-state index contributed by atoms with van der Waals surface area (Å²) in [4.78, 5) is 28.5. The SMILES string of the molecule is CCOc1cccc(CN2CCC(C(=O)Nc3ccccc3C(=O)NCCc3ccc(OC)c(OC)c3)CC2)c1. The van der Waals surface area contributed by atoms with Crippen LogP contribution < -0.4 is 24.8 Å². The lowest BCUT2D eigenvalue weighted by atomic mass is 9.95. The zero-order valence-corrected chi connectivity index (χ0v) is 23.6. The number of piperidine rings is 1. The van der Waals surface area contributed by atoms with E-state index in [1.54, 1.807) is 32.4 Å². The van der Waals surface area contributed by atoms with Crippen LogP contribution in [0.3, 0.4) is 0 Å². The predicted molar refractivity (Wildman–Crippen MR) is 156 cm³/mol. The Labute approximate surface area is 236 Å². The minimum Gasteiger partial charge on any atom is -0.494 e. The van der Waals surface area contributed by atoms with E-state index in [9.17, 15) is 9.59 Å². The molecular weight excluding hydrogens is 506 g/mol. The molecule has 8 heteroatoms. The molecule has 1 heterocycles. The number of rotatable bonds is 12. The van der Waals surface area contributed by atoms with Crippen LogP contribution in [0.25, 0.3) is 0 Å². The second-order valence-electron chi connectivity index (χ2n) is 9.86. The molecule has 4 rings (SSSR count). The van der Waals surface area contributed by atoms with Crippen molar-refractivity contribution in [2.75, 3.05) is 45.8 Å². The number of amides is 2. The van der Waals surface area contributed by atoms with Gasteiger partial charge in [-0.2, -0.15) is 0 Å². The van der Waals surface area contributed by atoms with E-state index in [4.69, 9.17) is 14.2 Å². The van der Waals surface area contributed by atoms with E-state index in [1.165, 1.54) is 5.56 Å². The summed E-state index contributed by atoms with van der Waals surface area (Å²) in [5.74, 6) is 1.85. The van der Waals surface area contributed by atoms with Gasteiger partial charge in [0.1, 0.15) is 5.75 Å². The number of nitrogens with one attached hydrogen (secondary N) is 2. The standard InChI is InChI=1S/C32H39N3O5/c1-4-40-26-9-7-8-24(20-26)22-35-18-15-25(16-19-35)31(36)34-28-11-6-5-10-27(28)32(37)33-17-14-23-12-13-29(38-2)30(21-23)39-3/h5-13,20-21,25H,4,14-19,22H2,1-3H3,(H,33,37)(H,34,36). The molecule has 1 aliphatic rings.